The molecule has 1 unspecified atom stereocenters. The lowest BCUT2D eigenvalue weighted by molar-refractivity contribution is -0.121. The van der Waals surface area contributed by atoms with E-state index in [1.807, 2.05) is 19.1 Å². The molecule has 0 radical (unpaired) electrons. The number of pyridine rings is 1. The van der Waals surface area contributed by atoms with E-state index in [2.05, 4.69) is 44.9 Å². The molecule has 1 saturated carbocycles. The van der Waals surface area contributed by atoms with Crippen LogP contribution in [0, 0.1) is 13.8 Å². The topological polar surface area (TPSA) is 115 Å². The first-order chi connectivity index (χ1) is 16.4. The summed E-state index contributed by atoms with van der Waals surface area (Å²) in [5, 5.41) is 6.28. The maximum absolute atomic E-state index is 13.2. The normalized spacial score (nSPS) is 17.8. The summed E-state index contributed by atoms with van der Waals surface area (Å²) in [6.45, 7) is 3.88. The highest BCUT2D eigenvalue weighted by Gasteiger charge is 2.27. The van der Waals surface area contributed by atoms with Crippen molar-refractivity contribution in [3.05, 3.63) is 81.5 Å². The van der Waals surface area contributed by atoms with Crippen LogP contribution >= 0.6 is 0 Å². The predicted molar refractivity (Wildman–Crippen MR) is 134 cm³/mol. The molecule has 178 valence electrons. The van der Waals surface area contributed by atoms with E-state index < -0.39 is 0 Å². The quantitative estimate of drug-likeness (QED) is 0.498. The SMILES string of the molecule is Cc1nc(N)ccc1CNC(=O)Cn1c(C)cnc(N[C@@H]2CCCCC2c2ccccc2)c1=O. The first-order valence-corrected chi connectivity index (χ1v) is 11.8. The van der Waals surface area contributed by atoms with Gasteiger partial charge in [0.15, 0.2) is 5.82 Å². The van der Waals surface area contributed by atoms with Crippen molar-refractivity contribution in [2.45, 2.75) is 64.6 Å². The summed E-state index contributed by atoms with van der Waals surface area (Å²) in [7, 11) is 0. The Morgan fingerprint density at radius 3 is 2.65 bits per heavy atom. The first kappa shape index (κ1) is 23.5. The van der Waals surface area contributed by atoms with Gasteiger partial charge in [0.05, 0.1) is 0 Å². The monoisotopic (exact) mass is 460 g/mol. The fourth-order valence-corrected chi connectivity index (χ4v) is 4.63. The van der Waals surface area contributed by atoms with Crippen LogP contribution in [0.1, 0.15) is 54.1 Å². The zero-order valence-corrected chi connectivity index (χ0v) is 19.8. The largest absolute Gasteiger partial charge is 0.384 e. The summed E-state index contributed by atoms with van der Waals surface area (Å²) in [4.78, 5) is 34.5. The minimum Gasteiger partial charge on any atom is -0.384 e. The average molecular weight is 461 g/mol. The molecule has 1 aliphatic rings. The number of carbonyl (C=O) groups excluding carboxylic acids is 1. The summed E-state index contributed by atoms with van der Waals surface area (Å²) in [6.07, 6.45) is 5.98. The number of nitrogens with one attached hydrogen (secondary N) is 2. The number of hydrogen-bond acceptors (Lipinski definition) is 6. The highest BCUT2D eigenvalue weighted by molar-refractivity contribution is 5.75. The van der Waals surface area contributed by atoms with E-state index in [0.717, 1.165) is 30.5 Å². The van der Waals surface area contributed by atoms with E-state index in [1.54, 1.807) is 19.2 Å². The summed E-state index contributed by atoms with van der Waals surface area (Å²) in [5.74, 6) is 0.813. The van der Waals surface area contributed by atoms with E-state index in [4.69, 9.17) is 5.73 Å². The van der Waals surface area contributed by atoms with E-state index >= 15 is 0 Å². The maximum atomic E-state index is 13.2. The number of nitrogen functional groups attached to an aromatic ring is 1. The highest BCUT2D eigenvalue weighted by atomic mass is 16.2. The van der Waals surface area contributed by atoms with Crippen molar-refractivity contribution in [3.8, 4) is 0 Å². The van der Waals surface area contributed by atoms with Crippen molar-refractivity contribution in [3.63, 3.8) is 0 Å². The number of nitrogens with two attached hydrogens (primary N) is 1. The second-order valence-corrected chi connectivity index (χ2v) is 8.95. The van der Waals surface area contributed by atoms with Crippen LogP contribution in [0.3, 0.4) is 0 Å². The molecule has 4 N–H and O–H groups in total. The van der Waals surface area contributed by atoms with Gasteiger partial charge in [-0.25, -0.2) is 9.97 Å². The van der Waals surface area contributed by atoms with Gasteiger partial charge in [-0.2, -0.15) is 0 Å². The summed E-state index contributed by atoms with van der Waals surface area (Å²) in [5.41, 5.74) is 8.98. The summed E-state index contributed by atoms with van der Waals surface area (Å²) >= 11 is 0. The average Bonchev–Trinajstić information content (AvgIpc) is 2.84. The van der Waals surface area contributed by atoms with Crippen LogP contribution in [0.15, 0.2) is 53.5 Å². The Bertz CT molecular complexity index is 1210. The zero-order chi connectivity index (χ0) is 24.1. The molecule has 2 aromatic heterocycles. The lowest BCUT2D eigenvalue weighted by Crippen LogP contribution is -2.37. The molecule has 3 aromatic rings. The Kier molecular flexibility index (Phi) is 7.25. The van der Waals surface area contributed by atoms with Crippen LogP contribution in [0.4, 0.5) is 11.6 Å². The Balaban J connectivity index is 1.47. The van der Waals surface area contributed by atoms with Crippen molar-refractivity contribution in [1.29, 1.82) is 0 Å². The fraction of sp³-hybridized carbons (Fsp3) is 0.385. The third-order valence-corrected chi connectivity index (χ3v) is 6.56. The second-order valence-electron chi connectivity index (χ2n) is 8.95. The zero-order valence-electron chi connectivity index (χ0n) is 19.8. The van der Waals surface area contributed by atoms with Gasteiger partial charge in [-0.3, -0.25) is 14.2 Å². The smallest absolute Gasteiger partial charge is 0.293 e. The van der Waals surface area contributed by atoms with Gasteiger partial charge < -0.3 is 16.4 Å². The Morgan fingerprint density at radius 1 is 1.12 bits per heavy atom. The van der Waals surface area contributed by atoms with Gasteiger partial charge in [0.2, 0.25) is 5.91 Å². The van der Waals surface area contributed by atoms with Crippen LogP contribution in [-0.4, -0.2) is 26.5 Å². The van der Waals surface area contributed by atoms with Crippen molar-refractivity contribution in [1.82, 2.24) is 19.9 Å². The van der Waals surface area contributed by atoms with Gasteiger partial charge in [-0.1, -0.05) is 49.2 Å². The molecule has 0 aliphatic heterocycles. The number of rotatable bonds is 7. The maximum Gasteiger partial charge on any atom is 0.293 e. The van der Waals surface area contributed by atoms with E-state index in [-0.39, 0.29) is 24.1 Å². The number of aryl methyl sites for hydroxylation is 2. The molecule has 0 spiro atoms. The van der Waals surface area contributed by atoms with Crippen molar-refractivity contribution >= 4 is 17.5 Å². The molecule has 34 heavy (non-hydrogen) atoms. The summed E-state index contributed by atoms with van der Waals surface area (Å²) in [6, 6.07) is 14.1. The van der Waals surface area contributed by atoms with Gasteiger partial charge in [0.25, 0.3) is 5.56 Å². The second kappa shape index (κ2) is 10.5. The lowest BCUT2D eigenvalue weighted by Gasteiger charge is -2.33. The Hall–Kier alpha value is -3.68. The molecule has 8 nitrogen and oxygen atoms in total. The molecule has 0 saturated heterocycles. The van der Waals surface area contributed by atoms with Gasteiger partial charge in [-0.15, -0.1) is 0 Å². The van der Waals surface area contributed by atoms with Crippen LogP contribution < -0.4 is 21.9 Å². The molecule has 2 heterocycles. The predicted octanol–water partition coefficient (Wildman–Crippen LogP) is 3.29. The third kappa shape index (κ3) is 5.44. The minimum absolute atomic E-state index is 0.0733. The standard InChI is InChI=1S/C26H32N6O2/c1-17-14-29-25(31-22-11-7-6-10-21(22)19-8-4-3-5-9-19)26(34)32(17)16-24(33)28-15-20-12-13-23(27)30-18(20)2/h3-5,8-9,12-14,21-22H,6-7,10-11,15-16H2,1-2H3,(H2,27,30)(H,28,33)(H,29,31)/t21?,22-/m1/s1. The van der Waals surface area contributed by atoms with Crippen molar-refractivity contribution < 1.29 is 4.79 Å². The number of benzene rings is 1. The number of carbonyl (C=O) groups is 1. The van der Waals surface area contributed by atoms with Crippen LogP contribution in [0.25, 0.3) is 0 Å². The first-order valence-electron chi connectivity index (χ1n) is 11.8. The van der Waals surface area contributed by atoms with Gasteiger partial charge in [0, 0.05) is 36.1 Å². The molecular weight excluding hydrogens is 428 g/mol. The highest BCUT2D eigenvalue weighted by Crippen LogP contribution is 2.34. The fourth-order valence-electron chi connectivity index (χ4n) is 4.63. The molecule has 2 atom stereocenters. The Labute approximate surface area is 199 Å². The number of amides is 1. The van der Waals surface area contributed by atoms with E-state index in [0.29, 0.717) is 29.8 Å². The van der Waals surface area contributed by atoms with E-state index in [1.165, 1.54) is 16.6 Å². The van der Waals surface area contributed by atoms with E-state index in [9.17, 15) is 9.59 Å². The molecule has 1 fully saturated rings. The molecule has 1 aliphatic carbocycles. The van der Waals surface area contributed by atoms with Crippen molar-refractivity contribution in [2.24, 2.45) is 0 Å². The number of aromatic nitrogens is 3. The van der Waals surface area contributed by atoms with Gasteiger partial charge in [-0.05, 0) is 43.9 Å². The van der Waals surface area contributed by atoms with Crippen LogP contribution in [-0.2, 0) is 17.9 Å². The van der Waals surface area contributed by atoms with Gasteiger partial charge >= 0.3 is 0 Å². The Morgan fingerprint density at radius 2 is 1.88 bits per heavy atom. The number of hydrogen-bond donors (Lipinski definition) is 3. The summed E-state index contributed by atoms with van der Waals surface area (Å²) < 4.78 is 1.47. The molecule has 4 rings (SSSR count). The lowest BCUT2D eigenvalue weighted by atomic mass is 9.80. The molecular formula is C26H32N6O2. The molecule has 1 amide bonds. The minimum atomic E-state index is -0.280. The molecule has 8 heteroatoms. The van der Waals surface area contributed by atoms with Crippen molar-refractivity contribution in [2.75, 3.05) is 11.1 Å². The number of nitrogens with zero attached hydrogens (tertiary/aromatic N) is 3. The third-order valence-electron chi connectivity index (χ3n) is 6.56. The molecule has 1 aromatic carbocycles. The molecule has 0 bridgehead atoms. The van der Waals surface area contributed by atoms with Gasteiger partial charge in [0.1, 0.15) is 12.4 Å². The number of anilines is 2. The van der Waals surface area contributed by atoms with Crippen LogP contribution in [0.2, 0.25) is 0 Å². The van der Waals surface area contributed by atoms with Crippen LogP contribution in [0.5, 0.6) is 0 Å².